The number of pyridine rings is 1. The van der Waals surface area contributed by atoms with Crippen LogP contribution in [0.5, 0.6) is 5.88 Å². The van der Waals surface area contributed by atoms with Crippen molar-refractivity contribution in [1.29, 1.82) is 5.26 Å². The first kappa shape index (κ1) is 30.3. The van der Waals surface area contributed by atoms with Gasteiger partial charge in [0.1, 0.15) is 18.2 Å². The van der Waals surface area contributed by atoms with Crippen molar-refractivity contribution >= 4 is 16.8 Å². The van der Waals surface area contributed by atoms with Crippen LogP contribution < -0.4 is 4.74 Å². The highest BCUT2D eigenvalue weighted by Gasteiger charge is 2.24. The van der Waals surface area contributed by atoms with Gasteiger partial charge >= 0.3 is 0 Å². The van der Waals surface area contributed by atoms with Gasteiger partial charge in [0.15, 0.2) is 5.78 Å². The standard InChI is InChI=1S/C33H36FN5O4/c1-22(40)26-16-27(20-42-3)33-30(17-26)39(13-14-41-2)31(37-33)19-38-11-9-24(10-12-38)29-5-4-6-32(36-29)43-21-25-8-7-23(18-35)15-28(25)34/h4-8,15-17,24H,9-14,19-21H2,1-3H3. The highest BCUT2D eigenvalue weighted by molar-refractivity contribution is 5.98. The summed E-state index contributed by atoms with van der Waals surface area (Å²) in [5, 5.41) is 8.95. The van der Waals surface area contributed by atoms with Gasteiger partial charge in [-0.2, -0.15) is 5.26 Å². The van der Waals surface area contributed by atoms with Crippen LogP contribution in [-0.4, -0.2) is 59.1 Å². The number of methoxy groups -OCH3 is 2. The van der Waals surface area contributed by atoms with Crippen LogP contribution in [0.4, 0.5) is 4.39 Å². The molecule has 0 spiro atoms. The Morgan fingerprint density at radius 3 is 2.56 bits per heavy atom. The Bertz CT molecular complexity index is 1640. The number of hydrogen-bond donors (Lipinski definition) is 0. The lowest BCUT2D eigenvalue weighted by Gasteiger charge is -2.31. The summed E-state index contributed by atoms with van der Waals surface area (Å²) in [4.78, 5) is 24.4. The quantitative estimate of drug-likeness (QED) is 0.204. The van der Waals surface area contributed by atoms with Crippen molar-refractivity contribution in [2.75, 3.05) is 33.9 Å². The van der Waals surface area contributed by atoms with Crippen LogP contribution >= 0.6 is 0 Å². The van der Waals surface area contributed by atoms with E-state index in [0.717, 1.165) is 54.0 Å². The number of carbonyl (C=O) groups is 1. The van der Waals surface area contributed by atoms with E-state index >= 15 is 0 Å². The van der Waals surface area contributed by atoms with Crippen LogP contribution in [-0.2, 0) is 35.8 Å². The Morgan fingerprint density at radius 1 is 1.05 bits per heavy atom. The summed E-state index contributed by atoms with van der Waals surface area (Å²) >= 11 is 0. The van der Waals surface area contributed by atoms with Gasteiger partial charge in [0.2, 0.25) is 5.88 Å². The van der Waals surface area contributed by atoms with Crippen LogP contribution in [0, 0.1) is 17.1 Å². The van der Waals surface area contributed by atoms with E-state index in [1.807, 2.05) is 30.3 Å². The number of aromatic nitrogens is 3. The molecule has 5 rings (SSSR count). The molecule has 0 saturated carbocycles. The number of ether oxygens (including phenoxy) is 3. The molecule has 1 saturated heterocycles. The number of halogens is 1. The predicted octanol–water partition coefficient (Wildman–Crippen LogP) is 5.40. The number of piperidine rings is 1. The van der Waals surface area contributed by atoms with Gasteiger partial charge in [-0.05, 0) is 63.2 Å². The molecule has 1 aliphatic rings. The van der Waals surface area contributed by atoms with Crippen molar-refractivity contribution in [1.82, 2.24) is 19.4 Å². The largest absolute Gasteiger partial charge is 0.473 e. The summed E-state index contributed by atoms with van der Waals surface area (Å²) in [7, 11) is 3.32. The molecule has 10 heteroatoms. The fourth-order valence-electron chi connectivity index (χ4n) is 5.57. The first-order chi connectivity index (χ1) is 20.9. The van der Waals surface area contributed by atoms with Crippen molar-refractivity contribution in [2.45, 2.75) is 52.0 Å². The SMILES string of the molecule is COCCn1c(CN2CCC(c3cccc(OCc4ccc(C#N)cc4F)n3)CC2)nc2c(COC)cc(C(C)=O)cc21. The summed E-state index contributed by atoms with van der Waals surface area (Å²) in [6.45, 7) is 5.60. The molecule has 224 valence electrons. The minimum Gasteiger partial charge on any atom is -0.473 e. The van der Waals surface area contributed by atoms with E-state index in [9.17, 15) is 9.18 Å². The lowest BCUT2D eigenvalue weighted by Crippen LogP contribution is -2.33. The van der Waals surface area contributed by atoms with Crippen LogP contribution in [0.1, 0.15) is 64.2 Å². The Labute approximate surface area is 250 Å². The summed E-state index contributed by atoms with van der Waals surface area (Å²) in [6, 6.07) is 15.8. The number of rotatable bonds is 12. The van der Waals surface area contributed by atoms with Gasteiger partial charge in [-0.1, -0.05) is 12.1 Å². The minimum atomic E-state index is -0.465. The second-order valence-electron chi connectivity index (χ2n) is 10.8. The van der Waals surface area contributed by atoms with Gasteiger partial charge in [-0.15, -0.1) is 0 Å². The molecule has 9 nitrogen and oxygen atoms in total. The van der Waals surface area contributed by atoms with Crippen LogP contribution in [0.3, 0.4) is 0 Å². The Kier molecular flexibility index (Phi) is 9.77. The maximum Gasteiger partial charge on any atom is 0.213 e. The van der Waals surface area contributed by atoms with E-state index < -0.39 is 5.82 Å². The third-order valence-electron chi connectivity index (χ3n) is 7.91. The van der Waals surface area contributed by atoms with Gasteiger partial charge in [0.05, 0.1) is 42.4 Å². The number of ketones is 1. The molecular weight excluding hydrogens is 549 g/mol. The number of carbonyl (C=O) groups excluding carboxylic acids is 1. The maximum atomic E-state index is 14.3. The molecule has 0 N–H and O–H groups in total. The van der Waals surface area contributed by atoms with Gasteiger partial charge in [-0.25, -0.2) is 14.4 Å². The smallest absolute Gasteiger partial charge is 0.213 e. The van der Waals surface area contributed by atoms with Crippen molar-refractivity contribution < 1.29 is 23.4 Å². The first-order valence-electron chi connectivity index (χ1n) is 14.4. The number of imidazole rings is 1. The Hall–Kier alpha value is -4.17. The average Bonchev–Trinajstić information content (AvgIpc) is 3.36. The summed E-state index contributed by atoms with van der Waals surface area (Å²) in [5.74, 6) is 1.21. The normalized spacial score (nSPS) is 14.2. The molecule has 2 aromatic carbocycles. The number of likely N-dealkylation sites (tertiary alicyclic amines) is 1. The summed E-state index contributed by atoms with van der Waals surface area (Å²) in [5.41, 5.74) is 4.94. The van der Waals surface area contributed by atoms with Gasteiger partial charge in [0.25, 0.3) is 0 Å². The molecule has 4 aromatic rings. The van der Waals surface area contributed by atoms with Crippen LogP contribution in [0.15, 0.2) is 48.5 Å². The van der Waals surface area contributed by atoms with E-state index in [-0.39, 0.29) is 23.9 Å². The molecule has 0 unspecified atom stereocenters. The molecule has 43 heavy (non-hydrogen) atoms. The van der Waals surface area contributed by atoms with Crippen LogP contribution in [0.25, 0.3) is 11.0 Å². The minimum absolute atomic E-state index is 0.00636. The monoisotopic (exact) mass is 585 g/mol. The Balaban J connectivity index is 1.26. The lowest BCUT2D eigenvalue weighted by molar-refractivity contribution is 0.101. The zero-order valence-corrected chi connectivity index (χ0v) is 24.8. The third kappa shape index (κ3) is 7.08. The van der Waals surface area contributed by atoms with Crippen LogP contribution in [0.2, 0.25) is 0 Å². The second kappa shape index (κ2) is 13.9. The number of Topliss-reactive ketones (excluding diaryl/α,β-unsaturated/α-hetero) is 1. The van der Waals surface area contributed by atoms with Crippen molar-refractivity contribution in [3.05, 3.63) is 88.1 Å². The third-order valence-corrected chi connectivity index (χ3v) is 7.91. The van der Waals surface area contributed by atoms with E-state index in [4.69, 9.17) is 29.4 Å². The average molecular weight is 586 g/mol. The fourth-order valence-corrected chi connectivity index (χ4v) is 5.57. The lowest BCUT2D eigenvalue weighted by atomic mass is 9.93. The highest BCUT2D eigenvalue weighted by Crippen LogP contribution is 2.30. The zero-order chi connectivity index (χ0) is 30.3. The molecule has 1 aliphatic heterocycles. The van der Waals surface area contributed by atoms with E-state index in [0.29, 0.717) is 43.3 Å². The van der Waals surface area contributed by atoms with Crippen molar-refractivity contribution in [2.24, 2.45) is 0 Å². The molecule has 3 heterocycles. The molecule has 0 bridgehead atoms. The molecule has 2 aromatic heterocycles. The number of fused-ring (bicyclic) bond motifs is 1. The number of nitrogens with zero attached hydrogens (tertiary/aromatic N) is 5. The molecule has 0 aliphatic carbocycles. The van der Waals surface area contributed by atoms with Gasteiger partial charge in [-0.3, -0.25) is 9.69 Å². The number of hydrogen-bond acceptors (Lipinski definition) is 8. The van der Waals surface area contributed by atoms with Gasteiger partial charge in [0, 0.05) is 55.1 Å². The maximum absolute atomic E-state index is 14.3. The highest BCUT2D eigenvalue weighted by atomic mass is 19.1. The topological polar surface area (TPSA) is 102 Å². The zero-order valence-electron chi connectivity index (χ0n) is 24.8. The molecule has 1 fully saturated rings. The van der Waals surface area contributed by atoms with Gasteiger partial charge < -0.3 is 18.8 Å². The van der Waals surface area contributed by atoms with E-state index in [2.05, 4.69) is 9.47 Å². The fraction of sp³-hybridized carbons (Fsp3) is 0.394. The van der Waals surface area contributed by atoms with E-state index in [1.54, 1.807) is 39.3 Å². The summed E-state index contributed by atoms with van der Waals surface area (Å²) < 4.78 is 33.1. The van der Waals surface area contributed by atoms with Crippen molar-refractivity contribution in [3.63, 3.8) is 0 Å². The molecule has 0 radical (unpaired) electrons. The number of nitriles is 1. The first-order valence-corrected chi connectivity index (χ1v) is 14.4. The second-order valence-corrected chi connectivity index (χ2v) is 10.8. The molecular formula is C33H36FN5O4. The predicted molar refractivity (Wildman–Crippen MR) is 159 cm³/mol. The molecule has 0 amide bonds. The molecule has 0 atom stereocenters. The van der Waals surface area contributed by atoms with E-state index in [1.165, 1.54) is 6.07 Å². The summed E-state index contributed by atoms with van der Waals surface area (Å²) in [6.07, 6.45) is 1.87. The Morgan fingerprint density at radius 2 is 1.86 bits per heavy atom. The van der Waals surface area contributed by atoms with Crippen molar-refractivity contribution in [3.8, 4) is 11.9 Å². The number of benzene rings is 2.